The maximum absolute atomic E-state index is 6.73. The van der Waals surface area contributed by atoms with Crippen molar-refractivity contribution in [1.82, 2.24) is 9.88 Å². The average molecular weight is 323 g/mol. The molecule has 3 heteroatoms. The highest BCUT2D eigenvalue weighted by Crippen LogP contribution is 2.32. The molecule has 4 rings (SSSR count). The number of hydrogen-bond donors (Lipinski definition) is 0. The van der Waals surface area contributed by atoms with Crippen LogP contribution < -0.4 is 0 Å². The van der Waals surface area contributed by atoms with Crippen LogP contribution in [0.5, 0.6) is 0 Å². The first-order valence-electron chi connectivity index (χ1n) is 8.04. The van der Waals surface area contributed by atoms with Crippen LogP contribution in [0.25, 0.3) is 10.9 Å². The Bertz CT molecular complexity index is 858. The predicted molar refractivity (Wildman–Crippen MR) is 95.8 cm³/mol. The van der Waals surface area contributed by atoms with Gasteiger partial charge in [-0.1, -0.05) is 53.6 Å². The molecular weight excluding hydrogens is 304 g/mol. The first kappa shape index (κ1) is 14.7. The maximum Gasteiger partial charge on any atom is 0.0720 e. The van der Waals surface area contributed by atoms with E-state index in [1.807, 2.05) is 0 Å². The van der Waals surface area contributed by atoms with Gasteiger partial charge in [-0.3, -0.25) is 9.88 Å². The third-order valence-electron chi connectivity index (χ3n) is 4.55. The zero-order chi connectivity index (χ0) is 15.8. The van der Waals surface area contributed by atoms with Crippen LogP contribution >= 0.6 is 11.6 Å². The van der Waals surface area contributed by atoms with Crippen LogP contribution in [0.15, 0.2) is 48.5 Å². The lowest BCUT2D eigenvalue weighted by molar-refractivity contribution is 0.244. The van der Waals surface area contributed by atoms with E-state index in [4.69, 9.17) is 16.6 Å². The fourth-order valence-electron chi connectivity index (χ4n) is 3.34. The van der Waals surface area contributed by atoms with Crippen molar-refractivity contribution in [2.75, 3.05) is 6.54 Å². The summed E-state index contributed by atoms with van der Waals surface area (Å²) in [6.07, 6.45) is 0.964. The predicted octanol–water partition coefficient (Wildman–Crippen LogP) is 4.75. The van der Waals surface area contributed by atoms with E-state index >= 15 is 0 Å². The van der Waals surface area contributed by atoms with Crippen molar-refractivity contribution < 1.29 is 0 Å². The molecule has 0 atom stereocenters. The van der Waals surface area contributed by atoms with Gasteiger partial charge >= 0.3 is 0 Å². The molecule has 0 aliphatic carbocycles. The van der Waals surface area contributed by atoms with Gasteiger partial charge in [0.15, 0.2) is 0 Å². The van der Waals surface area contributed by atoms with Crippen molar-refractivity contribution in [3.8, 4) is 0 Å². The minimum Gasteiger partial charge on any atom is -0.294 e. The second-order valence-electron chi connectivity index (χ2n) is 6.32. The summed E-state index contributed by atoms with van der Waals surface area (Å²) in [7, 11) is 0. The van der Waals surface area contributed by atoms with Gasteiger partial charge in [0.05, 0.1) is 10.5 Å². The summed E-state index contributed by atoms with van der Waals surface area (Å²) < 4.78 is 0. The van der Waals surface area contributed by atoms with Gasteiger partial charge in [-0.2, -0.15) is 0 Å². The third kappa shape index (κ3) is 2.85. The van der Waals surface area contributed by atoms with Gasteiger partial charge in [0.1, 0.15) is 0 Å². The van der Waals surface area contributed by atoms with Crippen molar-refractivity contribution in [3.63, 3.8) is 0 Å². The third-order valence-corrected chi connectivity index (χ3v) is 4.98. The Hall–Kier alpha value is -1.90. The molecule has 2 aromatic carbocycles. The number of nitrogens with zero attached hydrogens (tertiary/aromatic N) is 2. The van der Waals surface area contributed by atoms with E-state index in [2.05, 4.69) is 60.4 Å². The molecule has 0 radical (unpaired) electrons. The van der Waals surface area contributed by atoms with Crippen LogP contribution in [0.1, 0.15) is 22.4 Å². The molecule has 23 heavy (non-hydrogen) atoms. The molecule has 3 aromatic rings. The first-order chi connectivity index (χ1) is 11.2. The second kappa shape index (κ2) is 5.95. The monoisotopic (exact) mass is 322 g/mol. The molecule has 2 nitrogen and oxygen atoms in total. The van der Waals surface area contributed by atoms with Crippen LogP contribution in [0, 0.1) is 6.92 Å². The van der Waals surface area contributed by atoms with Crippen molar-refractivity contribution in [2.45, 2.75) is 26.4 Å². The van der Waals surface area contributed by atoms with Crippen LogP contribution in [-0.4, -0.2) is 16.4 Å². The van der Waals surface area contributed by atoms with Crippen LogP contribution in [0.4, 0.5) is 0 Å². The van der Waals surface area contributed by atoms with Crippen LogP contribution in [-0.2, 0) is 19.5 Å². The highest BCUT2D eigenvalue weighted by Gasteiger charge is 2.21. The molecule has 1 aliphatic rings. The fourth-order valence-corrected chi connectivity index (χ4v) is 3.66. The molecule has 116 valence electrons. The summed E-state index contributed by atoms with van der Waals surface area (Å²) in [5.74, 6) is 0. The molecule has 0 spiro atoms. The van der Waals surface area contributed by atoms with E-state index in [1.165, 1.54) is 16.7 Å². The maximum atomic E-state index is 6.73. The molecule has 0 bridgehead atoms. The van der Waals surface area contributed by atoms with Gasteiger partial charge in [-0.25, -0.2) is 0 Å². The second-order valence-corrected chi connectivity index (χ2v) is 6.70. The summed E-state index contributed by atoms with van der Waals surface area (Å²) in [6.45, 7) is 4.96. The minimum absolute atomic E-state index is 0.875. The number of fused-ring (bicyclic) bond motifs is 2. The van der Waals surface area contributed by atoms with Gasteiger partial charge < -0.3 is 0 Å². The van der Waals surface area contributed by atoms with E-state index < -0.39 is 0 Å². The SMILES string of the molecule is Cc1ccc2nc3c(c(Cl)c2c1)CN(Cc1ccccc1)CC3. The topological polar surface area (TPSA) is 16.1 Å². The van der Waals surface area contributed by atoms with Crippen molar-refractivity contribution in [3.05, 3.63) is 75.9 Å². The molecule has 0 fully saturated rings. The van der Waals surface area contributed by atoms with Crippen LogP contribution in [0.2, 0.25) is 5.02 Å². The van der Waals surface area contributed by atoms with Gasteiger partial charge in [0.25, 0.3) is 0 Å². The fraction of sp³-hybridized carbons (Fsp3) is 0.250. The highest BCUT2D eigenvalue weighted by atomic mass is 35.5. The van der Waals surface area contributed by atoms with Gasteiger partial charge in [-0.15, -0.1) is 0 Å². The lowest BCUT2D eigenvalue weighted by Gasteiger charge is -2.29. The van der Waals surface area contributed by atoms with Crippen LogP contribution in [0.3, 0.4) is 0 Å². The van der Waals surface area contributed by atoms with Gasteiger partial charge in [-0.05, 0) is 24.6 Å². The average Bonchev–Trinajstić information content (AvgIpc) is 2.57. The quantitative estimate of drug-likeness (QED) is 0.676. The van der Waals surface area contributed by atoms with Crippen molar-refractivity contribution in [1.29, 1.82) is 0 Å². The number of rotatable bonds is 2. The standard InChI is InChI=1S/C20H19ClN2/c1-14-7-8-18-16(11-14)20(21)17-13-23(10-9-19(17)22-18)12-15-5-3-2-4-6-15/h2-8,11H,9-10,12-13H2,1H3. The van der Waals surface area contributed by atoms with E-state index in [1.54, 1.807) is 0 Å². The highest BCUT2D eigenvalue weighted by molar-refractivity contribution is 6.36. The molecule has 2 heterocycles. The Kier molecular flexibility index (Phi) is 3.80. The summed E-state index contributed by atoms with van der Waals surface area (Å²) >= 11 is 6.73. The number of aromatic nitrogens is 1. The Balaban J connectivity index is 1.68. The Labute approximate surface area is 141 Å². The molecular formula is C20H19ClN2. The summed E-state index contributed by atoms with van der Waals surface area (Å²) in [5.41, 5.74) is 5.94. The summed E-state index contributed by atoms with van der Waals surface area (Å²) in [5, 5.41) is 1.96. The molecule has 0 N–H and O–H groups in total. The van der Waals surface area contributed by atoms with E-state index in [0.29, 0.717) is 0 Å². The molecule has 0 saturated heterocycles. The lowest BCUT2D eigenvalue weighted by atomic mass is 10.0. The number of benzene rings is 2. The summed E-state index contributed by atoms with van der Waals surface area (Å²) in [4.78, 5) is 7.30. The van der Waals surface area contributed by atoms with Crippen molar-refractivity contribution in [2.24, 2.45) is 0 Å². The number of aryl methyl sites for hydroxylation is 1. The molecule has 0 unspecified atom stereocenters. The van der Waals surface area contributed by atoms with E-state index in [-0.39, 0.29) is 0 Å². The molecule has 1 aromatic heterocycles. The number of hydrogen-bond acceptors (Lipinski definition) is 2. The van der Waals surface area contributed by atoms with E-state index in [0.717, 1.165) is 47.7 Å². The molecule has 1 aliphatic heterocycles. The molecule has 0 saturated carbocycles. The smallest absolute Gasteiger partial charge is 0.0720 e. The Morgan fingerprint density at radius 3 is 2.78 bits per heavy atom. The Morgan fingerprint density at radius 2 is 1.96 bits per heavy atom. The first-order valence-corrected chi connectivity index (χ1v) is 8.42. The van der Waals surface area contributed by atoms with Crippen molar-refractivity contribution >= 4 is 22.5 Å². The normalized spacial score (nSPS) is 14.9. The van der Waals surface area contributed by atoms with Gasteiger partial charge in [0.2, 0.25) is 0 Å². The zero-order valence-electron chi connectivity index (χ0n) is 13.2. The summed E-state index contributed by atoms with van der Waals surface area (Å²) in [6, 6.07) is 16.9. The zero-order valence-corrected chi connectivity index (χ0v) is 14.0. The minimum atomic E-state index is 0.875. The largest absolute Gasteiger partial charge is 0.294 e. The number of pyridine rings is 1. The van der Waals surface area contributed by atoms with Gasteiger partial charge in [0, 0.05) is 42.7 Å². The lowest BCUT2D eigenvalue weighted by Crippen LogP contribution is -2.31. The molecule has 0 amide bonds. The Morgan fingerprint density at radius 1 is 1.13 bits per heavy atom. The number of halogens is 1. The van der Waals surface area contributed by atoms with E-state index in [9.17, 15) is 0 Å².